The average Bonchev–Trinajstić information content (AvgIpc) is 3.04. The first kappa shape index (κ1) is 21.9. The van der Waals surface area contributed by atoms with E-state index in [0.29, 0.717) is 29.3 Å². The standard InChI is InChI=1S/C17H30N6O2S2/c1-3-22(4-2)15(25)12-27-17-21-20-16(23(17)18)26-11-14(24)19-10-13-8-6-5-7-9-13/h13H,3-12,18H2,1-2H3,(H,19,24). The Hall–Kier alpha value is -1.42. The van der Waals surface area contributed by atoms with E-state index >= 15 is 0 Å². The molecule has 0 bridgehead atoms. The molecule has 0 unspecified atom stereocenters. The van der Waals surface area contributed by atoms with E-state index in [9.17, 15) is 9.59 Å². The van der Waals surface area contributed by atoms with E-state index < -0.39 is 0 Å². The maximum atomic E-state index is 12.1. The van der Waals surface area contributed by atoms with E-state index in [-0.39, 0.29) is 23.3 Å². The molecule has 10 heteroatoms. The molecule has 1 aliphatic rings. The molecule has 1 aromatic heterocycles. The molecule has 1 aliphatic carbocycles. The zero-order valence-electron chi connectivity index (χ0n) is 16.1. The monoisotopic (exact) mass is 414 g/mol. The second kappa shape index (κ2) is 11.4. The zero-order valence-corrected chi connectivity index (χ0v) is 17.8. The fourth-order valence-corrected chi connectivity index (χ4v) is 4.59. The predicted octanol–water partition coefficient (Wildman–Crippen LogP) is 1.74. The third-order valence-electron chi connectivity index (χ3n) is 4.72. The number of aromatic nitrogens is 3. The summed E-state index contributed by atoms with van der Waals surface area (Å²) in [5, 5.41) is 12.0. The third-order valence-corrected chi connectivity index (χ3v) is 6.59. The van der Waals surface area contributed by atoms with Crippen LogP contribution in [0.2, 0.25) is 0 Å². The number of amides is 2. The van der Waals surface area contributed by atoms with E-state index in [0.717, 1.165) is 6.54 Å². The molecule has 152 valence electrons. The van der Waals surface area contributed by atoms with Gasteiger partial charge in [0.2, 0.25) is 22.1 Å². The van der Waals surface area contributed by atoms with Crippen LogP contribution in [0.25, 0.3) is 0 Å². The van der Waals surface area contributed by atoms with Gasteiger partial charge in [0.25, 0.3) is 0 Å². The second-order valence-electron chi connectivity index (χ2n) is 6.59. The normalized spacial score (nSPS) is 14.9. The van der Waals surface area contributed by atoms with Gasteiger partial charge < -0.3 is 16.1 Å². The molecule has 2 rings (SSSR count). The SMILES string of the molecule is CCN(CC)C(=O)CSc1nnc(SCC(=O)NCC2CCCCC2)n1N. The fraction of sp³-hybridized carbons (Fsp3) is 0.765. The minimum Gasteiger partial charge on any atom is -0.355 e. The molecule has 0 saturated heterocycles. The number of nitrogens with two attached hydrogens (primary N) is 1. The van der Waals surface area contributed by atoms with Crippen LogP contribution in [0.3, 0.4) is 0 Å². The van der Waals surface area contributed by atoms with Crippen molar-refractivity contribution in [2.75, 3.05) is 37.0 Å². The molecule has 1 heterocycles. The number of carbonyl (C=O) groups is 2. The number of nitrogens with zero attached hydrogens (tertiary/aromatic N) is 4. The second-order valence-corrected chi connectivity index (χ2v) is 8.47. The molecule has 27 heavy (non-hydrogen) atoms. The number of nitrogen functional groups attached to an aromatic ring is 1. The van der Waals surface area contributed by atoms with Crippen LogP contribution < -0.4 is 11.2 Å². The summed E-state index contributed by atoms with van der Waals surface area (Å²) in [4.78, 5) is 25.9. The lowest BCUT2D eigenvalue weighted by atomic mass is 9.89. The molecule has 0 aromatic carbocycles. The molecule has 0 aliphatic heterocycles. The van der Waals surface area contributed by atoms with Gasteiger partial charge in [-0.1, -0.05) is 42.8 Å². The van der Waals surface area contributed by atoms with Gasteiger partial charge in [-0.15, -0.1) is 10.2 Å². The lowest BCUT2D eigenvalue weighted by molar-refractivity contribution is -0.128. The van der Waals surface area contributed by atoms with Gasteiger partial charge in [-0.25, -0.2) is 4.68 Å². The molecule has 1 fully saturated rings. The predicted molar refractivity (Wildman–Crippen MR) is 109 cm³/mol. The van der Waals surface area contributed by atoms with E-state index in [1.165, 1.54) is 60.3 Å². The lowest BCUT2D eigenvalue weighted by Gasteiger charge is -2.21. The Kier molecular flexibility index (Phi) is 9.26. The van der Waals surface area contributed by atoms with E-state index in [1.54, 1.807) is 4.90 Å². The number of thioether (sulfide) groups is 2. The molecule has 1 saturated carbocycles. The summed E-state index contributed by atoms with van der Waals surface area (Å²) in [5.41, 5.74) is 0. The van der Waals surface area contributed by atoms with Gasteiger partial charge in [0.15, 0.2) is 0 Å². The Labute approximate surface area is 169 Å². The Morgan fingerprint density at radius 3 is 2.30 bits per heavy atom. The van der Waals surface area contributed by atoms with Crippen LogP contribution in [0.5, 0.6) is 0 Å². The van der Waals surface area contributed by atoms with Crippen molar-refractivity contribution in [3.63, 3.8) is 0 Å². The molecule has 8 nitrogen and oxygen atoms in total. The van der Waals surface area contributed by atoms with Gasteiger partial charge >= 0.3 is 0 Å². The first-order valence-corrected chi connectivity index (χ1v) is 11.5. The number of hydrogen-bond acceptors (Lipinski definition) is 7. The smallest absolute Gasteiger partial charge is 0.233 e. The van der Waals surface area contributed by atoms with Gasteiger partial charge in [-0.2, -0.15) is 0 Å². The molecule has 0 radical (unpaired) electrons. The van der Waals surface area contributed by atoms with Crippen LogP contribution in [-0.2, 0) is 9.59 Å². The first-order chi connectivity index (χ1) is 13.0. The van der Waals surface area contributed by atoms with Crippen molar-refractivity contribution in [1.29, 1.82) is 0 Å². The fourth-order valence-electron chi connectivity index (χ4n) is 3.08. The summed E-state index contributed by atoms with van der Waals surface area (Å²) in [7, 11) is 0. The summed E-state index contributed by atoms with van der Waals surface area (Å²) in [6, 6.07) is 0. The van der Waals surface area contributed by atoms with Crippen LogP contribution in [0.15, 0.2) is 10.3 Å². The third kappa shape index (κ3) is 6.91. The molecule has 2 amide bonds. The quantitative estimate of drug-likeness (QED) is 0.444. The molecule has 3 N–H and O–H groups in total. The van der Waals surface area contributed by atoms with Crippen LogP contribution >= 0.6 is 23.5 Å². The van der Waals surface area contributed by atoms with Crippen molar-refractivity contribution >= 4 is 35.3 Å². The van der Waals surface area contributed by atoms with Crippen molar-refractivity contribution in [3.8, 4) is 0 Å². The van der Waals surface area contributed by atoms with Crippen LogP contribution in [0.4, 0.5) is 0 Å². The Morgan fingerprint density at radius 1 is 1.11 bits per heavy atom. The largest absolute Gasteiger partial charge is 0.355 e. The number of hydrogen-bond donors (Lipinski definition) is 2. The summed E-state index contributed by atoms with van der Waals surface area (Å²) >= 11 is 2.51. The van der Waals surface area contributed by atoms with Crippen molar-refractivity contribution in [3.05, 3.63) is 0 Å². The summed E-state index contributed by atoms with van der Waals surface area (Å²) in [6.07, 6.45) is 6.26. The summed E-state index contributed by atoms with van der Waals surface area (Å²) < 4.78 is 1.35. The van der Waals surface area contributed by atoms with Crippen molar-refractivity contribution in [1.82, 2.24) is 25.1 Å². The van der Waals surface area contributed by atoms with Gasteiger partial charge in [-0.3, -0.25) is 9.59 Å². The highest BCUT2D eigenvalue weighted by atomic mass is 32.2. The van der Waals surface area contributed by atoms with Gasteiger partial charge in [0, 0.05) is 19.6 Å². The van der Waals surface area contributed by atoms with Crippen LogP contribution in [0.1, 0.15) is 46.0 Å². The summed E-state index contributed by atoms with van der Waals surface area (Å²) in [5.74, 6) is 7.16. The Morgan fingerprint density at radius 2 is 1.70 bits per heavy atom. The molecule has 0 spiro atoms. The van der Waals surface area contributed by atoms with Gasteiger partial charge in [-0.05, 0) is 32.6 Å². The van der Waals surface area contributed by atoms with Crippen molar-refractivity contribution in [2.45, 2.75) is 56.3 Å². The minimum atomic E-state index is -0.0144. The van der Waals surface area contributed by atoms with E-state index in [1.807, 2.05) is 13.8 Å². The Balaban J connectivity index is 1.74. The minimum absolute atomic E-state index is 0.0144. The van der Waals surface area contributed by atoms with E-state index in [2.05, 4.69) is 15.5 Å². The maximum Gasteiger partial charge on any atom is 0.233 e. The maximum absolute atomic E-state index is 12.1. The van der Waals surface area contributed by atoms with Crippen LogP contribution in [0, 0.1) is 5.92 Å². The van der Waals surface area contributed by atoms with Crippen molar-refractivity contribution < 1.29 is 9.59 Å². The number of rotatable bonds is 10. The number of carbonyl (C=O) groups excluding carboxylic acids is 2. The first-order valence-electron chi connectivity index (χ1n) is 9.55. The highest BCUT2D eigenvalue weighted by Gasteiger charge is 2.17. The topological polar surface area (TPSA) is 106 Å². The van der Waals surface area contributed by atoms with Gasteiger partial charge in [0.1, 0.15) is 0 Å². The highest BCUT2D eigenvalue weighted by Crippen LogP contribution is 2.23. The molecular weight excluding hydrogens is 384 g/mol. The van der Waals surface area contributed by atoms with Crippen molar-refractivity contribution in [2.24, 2.45) is 5.92 Å². The number of nitrogens with one attached hydrogen (secondary N) is 1. The van der Waals surface area contributed by atoms with E-state index in [4.69, 9.17) is 5.84 Å². The average molecular weight is 415 g/mol. The Bertz CT molecular complexity index is 615. The zero-order chi connectivity index (χ0) is 19.6. The molecule has 0 atom stereocenters. The molecule has 1 aromatic rings. The van der Waals surface area contributed by atoms with Crippen LogP contribution in [-0.4, -0.2) is 62.7 Å². The summed E-state index contributed by atoms with van der Waals surface area (Å²) in [6.45, 7) is 6.02. The van der Waals surface area contributed by atoms with Gasteiger partial charge in [0.05, 0.1) is 11.5 Å². The lowest BCUT2D eigenvalue weighted by Crippen LogP contribution is -2.32. The molecular formula is C17H30N6O2S2. The highest BCUT2D eigenvalue weighted by molar-refractivity contribution is 8.00.